The number of hydrogen-bond acceptors (Lipinski definition) is 1. The summed E-state index contributed by atoms with van der Waals surface area (Å²) in [6, 6.07) is 13.3. The van der Waals surface area contributed by atoms with E-state index in [1.165, 1.54) is 0 Å². The smallest absolute Gasteiger partial charge is 0.123 e. The Morgan fingerprint density at radius 1 is 1.20 bits per heavy atom. The summed E-state index contributed by atoms with van der Waals surface area (Å²) < 4.78 is 14.7. The van der Waals surface area contributed by atoms with E-state index in [9.17, 15) is 4.39 Å². The van der Waals surface area contributed by atoms with Crippen LogP contribution in [-0.4, -0.2) is 6.54 Å². The van der Waals surface area contributed by atoms with Gasteiger partial charge in [0, 0.05) is 4.47 Å². The molecule has 2 aromatic rings. The van der Waals surface area contributed by atoms with Gasteiger partial charge in [0.1, 0.15) is 5.82 Å². The monoisotopic (exact) mass is 335 g/mol. The fourth-order valence-corrected chi connectivity index (χ4v) is 2.85. The third-order valence-electron chi connectivity index (χ3n) is 3.21. The molecular weight excluding hydrogens is 317 g/mol. The summed E-state index contributed by atoms with van der Waals surface area (Å²) in [6.45, 7) is 4.94. The molecule has 0 aliphatic carbocycles. The summed E-state index contributed by atoms with van der Waals surface area (Å²) in [4.78, 5) is 0. The Kier molecular flexibility index (Phi) is 5.32. The number of nitrogens with one attached hydrogen (secondary N) is 1. The third kappa shape index (κ3) is 3.68. The second kappa shape index (κ2) is 7.00. The van der Waals surface area contributed by atoms with E-state index in [1.54, 1.807) is 12.1 Å². The number of rotatable bonds is 5. The van der Waals surface area contributed by atoms with Crippen molar-refractivity contribution < 1.29 is 4.39 Å². The molecule has 0 bridgehead atoms. The zero-order valence-electron chi connectivity index (χ0n) is 11.8. The lowest BCUT2D eigenvalue weighted by molar-refractivity contribution is 0.583. The Morgan fingerprint density at radius 2 is 1.95 bits per heavy atom. The molecule has 1 unspecified atom stereocenters. The maximum absolute atomic E-state index is 13.7. The van der Waals surface area contributed by atoms with Crippen LogP contribution in [-0.2, 0) is 0 Å². The van der Waals surface area contributed by atoms with Gasteiger partial charge in [-0.05, 0) is 54.8 Å². The molecule has 0 heterocycles. The van der Waals surface area contributed by atoms with Crippen LogP contribution in [0.4, 0.5) is 4.39 Å². The lowest BCUT2D eigenvalue weighted by Gasteiger charge is -2.21. The van der Waals surface area contributed by atoms with E-state index >= 15 is 0 Å². The zero-order valence-corrected chi connectivity index (χ0v) is 13.4. The average Bonchev–Trinajstić information content (AvgIpc) is 2.40. The van der Waals surface area contributed by atoms with Crippen molar-refractivity contribution in [3.05, 3.63) is 69.4 Å². The minimum absolute atomic E-state index is 0.0000694. The Bertz CT molecular complexity index is 563. The van der Waals surface area contributed by atoms with E-state index in [2.05, 4.69) is 34.2 Å². The molecule has 0 aliphatic rings. The maximum Gasteiger partial charge on any atom is 0.123 e. The molecule has 1 nitrogen and oxygen atoms in total. The minimum Gasteiger partial charge on any atom is -0.306 e. The first kappa shape index (κ1) is 15.2. The highest BCUT2D eigenvalue weighted by atomic mass is 79.9. The van der Waals surface area contributed by atoms with Crippen molar-refractivity contribution in [3.8, 4) is 0 Å². The van der Waals surface area contributed by atoms with Gasteiger partial charge in [-0.2, -0.15) is 0 Å². The fraction of sp³-hybridized carbons (Fsp3) is 0.294. The summed E-state index contributed by atoms with van der Waals surface area (Å²) in [6.07, 6.45) is 1.04. The Morgan fingerprint density at radius 3 is 2.60 bits per heavy atom. The molecule has 2 rings (SSSR count). The van der Waals surface area contributed by atoms with Gasteiger partial charge < -0.3 is 5.32 Å². The van der Waals surface area contributed by atoms with Crippen LogP contribution in [0.15, 0.2) is 46.9 Å². The predicted octanol–water partition coefficient (Wildman–Crippen LogP) is 4.99. The van der Waals surface area contributed by atoms with Gasteiger partial charge in [-0.1, -0.05) is 47.1 Å². The quantitative estimate of drug-likeness (QED) is 0.811. The van der Waals surface area contributed by atoms with E-state index in [-0.39, 0.29) is 11.9 Å². The molecule has 106 valence electrons. The van der Waals surface area contributed by atoms with Crippen LogP contribution in [0.3, 0.4) is 0 Å². The maximum atomic E-state index is 13.7. The molecule has 0 spiro atoms. The Balaban J connectivity index is 2.44. The topological polar surface area (TPSA) is 12.0 Å². The van der Waals surface area contributed by atoms with Crippen molar-refractivity contribution >= 4 is 15.9 Å². The van der Waals surface area contributed by atoms with Gasteiger partial charge in [-0.15, -0.1) is 0 Å². The van der Waals surface area contributed by atoms with Crippen LogP contribution >= 0.6 is 15.9 Å². The lowest BCUT2D eigenvalue weighted by Crippen LogP contribution is -2.23. The van der Waals surface area contributed by atoms with Crippen molar-refractivity contribution in [1.29, 1.82) is 0 Å². The number of hydrogen-bond donors (Lipinski definition) is 1. The lowest BCUT2D eigenvalue weighted by atomic mass is 9.97. The fourth-order valence-electron chi connectivity index (χ4n) is 2.34. The summed E-state index contributed by atoms with van der Waals surface area (Å²) in [5.74, 6) is -0.185. The average molecular weight is 336 g/mol. The highest BCUT2D eigenvalue weighted by molar-refractivity contribution is 9.10. The number of aryl methyl sites for hydroxylation is 1. The van der Waals surface area contributed by atoms with Crippen LogP contribution in [0, 0.1) is 12.7 Å². The van der Waals surface area contributed by atoms with Gasteiger partial charge in [0.25, 0.3) is 0 Å². The highest BCUT2D eigenvalue weighted by Gasteiger charge is 2.16. The van der Waals surface area contributed by atoms with Gasteiger partial charge in [0.2, 0.25) is 0 Å². The highest BCUT2D eigenvalue weighted by Crippen LogP contribution is 2.29. The Hall–Kier alpha value is -1.19. The van der Waals surface area contributed by atoms with Crippen molar-refractivity contribution in [2.45, 2.75) is 26.3 Å². The predicted molar refractivity (Wildman–Crippen MR) is 85.4 cm³/mol. The molecule has 0 aromatic heterocycles. The van der Waals surface area contributed by atoms with Gasteiger partial charge in [0.15, 0.2) is 0 Å². The molecule has 0 aliphatic heterocycles. The first-order valence-electron chi connectivity index (χ1n) is 6.86. The van der Waals surface area contributed by atoms with Gasteiger partial charge in [-0.25, -0.2) is 4.39 Å². The summed E-state index contributed by atoms with van der Waals surface area (Å²) in [5, 5.41) is 3.50. The van der Waals surface area contributed by atoms with Gasteiger partial charge in [0.05, 0.1) is 6.04 Å². The van der Waals surface area contributed by atoms with Gasteiger partial charge >= 0.3 is 0 Å². The first-order chi connectivity index (χ1) is 9.61. The molecule has 1 atom stereocenters. The second-order valence-electron chi connectivity index (χ2n) is 4.97. The van der Waals surface area contributed by atoms with Crippen LogP contribution in [0.2, 0.25) is 0 Å². The molecule has 0 saturated heterocycles. The van der Waals surface area contributed by atoms with Crippen LogP contribution < -0.4 is 5.32 Å². The van der Waals surface area contributed by atoms with E-state index in [0.29, 0.717) is 0 Å². The van der Waals surface area contributed by atoms with E-state index in [1.807, 2.05) is 31.2 Å². The largest absolute Gasteiger partial charge is 0.306 e. The molecule has 3 heteroatoms. The molecule has 20 heavy (non-hydrogen) atoms. The van der Waals surface area contributed by atoms with Crippen molar-refractivity contribution in [2.24, 2.45) is 0 Å². The summed E-state index contributed by atoms with van der Waals surface area (Å²) >= 11 is 3.59. The standard InChI is InChI=1S/C17H19BrFN/c1-3-8-20-17(15-6-4-5-7-16(15)18)13-9-12(2)10-14(19)11-13/h4-7,9-11,17,20H,3,8H2,1-2H3. The van der Waals surface area contributed by atoms with Crippen LogP contribution in [0.5, 0.6) is 0 Å². The molecule has 2 aromatic carbocycles. The molecule has 0 amide bonds. The molecular formula is C17H19BrFN. The zero-order chi connectivity index (χ0) is 14.5. The molecule has 0 radical (unpaired) electrons. The minimum atomic E-state index is -0.185. The molecule has 0 saturated carbocycles. The number of halogens is 2. The van der Waals surface area contributed by atoms with E-state index < -0.39 is 0 Å². The summed E-state index contributed by atoms with van der Waals surface area (Å²) in [7, 11) is 0. The van der Waals surface area contributed by atoms with Crippen LogP contribution in [0.1, 0.15) is 36.1 Å². The van der Waals surface area contributed by atoms with Crippen molar-refractivity contribution in [2.75, 3.05) is 6.54 Å². The Labute approximate surface area is 128 Å². The molecule has 0 fully saturated rings. The first-order valence-corrected chi connectivity index (χ1v) is 7.66. The van der Waals surface area contributed by atoms with Crippen molar-refractivity contribution in [1.82, 2.24) is 5.32 Å². The number of benzene rings is 2. The molecule has 1 N–H and O–H groups in total. The second-order valence-corrected chi connectivity index (χ2v) is 5.82. The van der Waals surface area contributed by atoms with Gasteiger partial charge in [-0.3, -0.25) is 0 Å². The normalized spacial score (nSPS) is 12.4. The van der Waals surface area contributed by atoms with E-state index in [4.69, 9.17) is 0 Å². The third-order valence-corrected chi connectivity index (χ3v) is 3.93. The van der Waals surface area contributed by atoms with Crippen LogP contribution in [0.25, 0.3) is 0 Å². The van der Waals surface area contributed by atoms with Crippen molar-refractivity contribution in [3.63, 3.8) is 0 Å². The van der Waals surface area contributed by atoms with E-state index in [0.717, 1.165) is 34.1 Å². The SMILES string of the molecule is CCCNC(c1cc(C)cc(F)c1)c1ccccc1Br. The summed E-state index contributed by atoms with van der Waals surface area (Å²) in [5.41, 5.74) is 3.03.